The lowest BCUT2D eigenvalue weighted by atomic mass is 10.1. The van der Waals surface area contributed by atoms with Crippen molar-refractivity contribution in [3.05, 3.63) is 72.8 Å². The van der Waals surface area contributed by atoms with Crippen LogP contribution in [-0.2, 0) is 0 Å². The molecule has 0 saturated heterocycles. The van der Waals surface area contributed by atoms with Crippen molar-refractivity contribution in [1.29, 1.82) is 0 Å². The minimum atomic E-state index is 0.904. The van der Waals surface area contributed by atoms with E-state index in [2.05, 4.69) is 96.8 Å². The van der Waals surface area contributed by atoms with Gasteiger partial charge in [0, 0.05) is 46.3 Å². The van der Waals surface area contributed by atoms with Gasteiger partial charge in [0.1, 0.15) is 5.82 Å². The molecule has 0 unspecified atom stereocenters. The second kappa shape index (κ2) is 6.32. The Balaban J connectivity index is 1.71. The number of benzene rings is 3. The molecule has 4 aromatic rings. The normalized spacial score (nSPS) is 11.9. The number of aromatic amines is 1. The summed E-state index contributed by atoms with van der Waals surface area (Å²) in [4.78, 5) is 13.2. The zero-order valence-corrected chi connectivity index (χ0v) is 16.0. The lowest BCUT2D eigenvalue weighted by molar-refractivity contribution is 1.13. The molecule has 0 amide bonds. The molecule has 4 heteroatoms. The molecule has 1 aliphatic rings. The van der Waals surface area contributed by atoms with Crippen molar-refractivity contribution in [2.24, 2.45) is 0 Å². The Kier molecular flexibility index (Phi) is 3.80. The highest BCUT2D eigenvalue weighted by Gasteiger charge is 2.23. The van der Waals surface area contributed by atoms with Crippen LogP contribution in [0.15, 0.2) is 82.6 Å². The van der Waals surface area contributed by atoms with Gasteiger partial charge < -0.3 is 9.88 Å². The van der Waals surface area contributed by atoms with E-state index < -0.39 is 0 Å². The van der Waals surface area contributed by atoms with Gasteiger partial charge in [-0.15, -0.1) is 0 Å². The quantitative estimate of drug-likeness (QED) is 0.418. The highest BCUT2D eigenvalue weighted by atomic mass is 32.2. The molecule has 0 spiro atoms. The molecule has 3 nitrogen and oxygen atoms in total. The summed E-state index contributed by atoms with van der Waals surface area (Å²) < 4.78 is 0. The van der Waals surface area contributed by atoms with Crippen LogP contribution in [0.1, 0.15) is 0 Å². The van der Waals surface area contributed by atoms with E-state index in [-0.39, 0.29) is 0 Å². The molecule has 0 bridgehead atoms. The van der Waals surface area contributed by atoms with Crippen LogP contribution in [0.3, 0.4) is 0 Å². The van der Waals surface area contributed by atoms with Crippen molar-refractivity contribution >= 4 is 17.4 Å². The third kappa shape index (κ3) is 2.73. The van der Waals surface area contributed by atoms with Crippen LogP contribution < -0.4 is 4.90 Å². The number of hydrogen-bond acceptors (Lipinski definition) is 3. The number of hydrogen-bond donors (Lipinski definition) is 1. The second-order valence-electron chi connectivity index (χ2n) is 6.84. The fourth-order valence-electron chi connectivity index (χ4n) is 3.45. The molecule has 1 N–H and O–H groups in total. The molecule has 0 radical (unpaired) electrons. The van der Waals surface area contributed by atoms with Crippen molar-refractivity contribution in [3.63, 3.8) is 0 Å². The maximum Gasteiger partial charge on any atom is 0.138 e. The van der Waals surface area contributed by atoms with E-state index in [0.29, 0.717) is 0 Å². The molecule has 0 saturated carbocycles. The van der Waals surface area contributed by atoms with Crippen LogP contribution in [0.2, 0.25) is 0 Å². The molecule has 132 valence electrons. The third-order valence-electron chi connectivity index (χ3n) is 4.88. The average Bonchev–Trinajstić information content (AvgIpc) is 3.09. The smallest absolute Gasteiger partial charge is 0.138 e. The molecule has 0 fully saturated rings. The Morgan fingerprint density at radius 1 is 0.778 bits per heavy atom. The first kappa shape index (κ1) is 16.2. The molecule has 3 aromatic carbocycles. The van der Waals surface area contributed by atoms with E-state index in [1.54, 1.807) is 11.8 Å². The molecule has 1 aliphatic heterocycles. The molecule has 27 heavy (non-hydrogen) atoms. The summed E-state index contributed by atoms with van der Waals surface area (Å²) >= 11 is 1.81. The molecule has 0 aliphatic carbocycles. The topological polar surface area (TPSA) is 31.9 Å². The average molecular weight is 369 g/mol. The molecule has 2 heterocycles. The van der Waals surface area contributed by atoms with E-state index in [0.717, 1.165) is 22.8 Å². The van der Waals surface area contributed by atoms with Gasteiger partial charge in [-0.1, -0.05) is 48.2 Å². The first-order valence-electron chi connectivity index (χ1n) is 8.95. The lowest BCUT2D eigenvalue weighted by Gasteiger charge is -2.12. The molecular formula is C23H19N3S. The number of fused-ring (bicyclic) bond motifs is 5. The van der Waals surface area contributed by atoms with Crippen molar-refractivity contribution in [1.82, 2.24) is 9.97 Å². The number of rotatable bonds is 2. The standard InChI is InChI=1S/C23H19N3S/c1-26(2)16-13-11-15(12-14-16)23-24-21-17-7-3-5-9-19(17)27-20-10-6-4-8-18(20)22(21)25-23/h3-14H,1-2H3,(H,24,25). The summed E-state index contributed by atoms with van der Waals surface area (Å²) in [5, 5.41) is 0. The van der Waals surface area contributed by atoms with Gasteiger partial charge in [0.05, 0.1) is 11.4 Å². The first-order chi connectivity index (χ1) is 13.2. The van der Waals surface area contributed by atoms with Crippen molar-refractivity contribution < 1.29 is 0 Å². The third-order valence-corrected chi connectivity index (χ3v) is 6.03. The Labute approximate surface area is 163 Å². The summed E-state index contributed by atoms with van der Waals surface area (Å²) in [7, 11) is 4.10. The maximum absolute atomic E-state index is 5.01. The molecular weight excluding hydrogens is 350 g/mol. The van der Waals surface area contributed by atoms with Gasteiger partial charge in [-0.2, -0.15) is 0 Å². The second-order valence-corrected chi connectivity index (χ2v) is 7.93. The van der Waals surface area contributed by atoms with Gasteiger partial charge in [0.25, 0.3) is 0 Å². The van der Waals surface area contributed by atoms with Crippen LogP contribution in [0.4, 0.5) is 5.69 Å². The molecule has 5 rings (SSSR count). The van der Waals surface area contributed by atoms with E-state index in [9.17, 15) is 0 Å². The number of anilines is 1. The fraction of sp³-hybridized carbons (Fsp3) is 0.0870. The van der Waals surface area contributed by atoms with E-state index >= 15 is 0 Å². The Bertz CT molecular complexity index is 1060. The lowest BCUT2D eigenvalue weighted by Crippen LogP contribution is -2.07. The largest absolute Gasteiger partial charge is 0.378 e. The van der Waals surface area contributed by atoms with Gasteiger partial charge in [-0.05, 0) is 36.4 Å². The monoisotopic (exact) mass is 369 g/mol. The zero-order valence-electron chi connectivity index (χ0n) is 15.2. The minimum Gasteiger partial charge on any atom is -0.378 e. The SMILES string of the molecule is CN(C)c1ccc(-c2nc3c([nH]2)-c2ccccc2Sc2ccccc2-3)cc1. The number of imidazole rings is 1. The van der Waals surface area contributed by atoms with Crippen molar-refractivity contribution in [2.75, 3.05) is 19.0 Å². The van der Waals surface area contributed by atoms with Crippen LogP contribution in [0, 0.1) is 0 Å². The summed E-state index contributed by atoms with van der Waals surface area (Å²) in [6.45, 7) is 0. The van der Waals surface area contributed by atoms with Gasteiger partial charge in [0.15, 0.2) is 0 Å². The Morgan fingerprint density at radius 3 is 2.11 bits per heavy atom. The zero-order chi connectivity index (χ0) is 18.4. The van der Waals surface area contributed by atoms with E-state index in [1.165, 1.54) is 26.6 Å². The number of nitrogens with zero attached hydrogens (tertiary/aromatic N) is 2. The number of H-pyrrole nitrogens is 1. The van der Waals surface area contributed by atoms with Gasteiger partial charge in [0.2, 0.25) is 0 Å². The van der Waals surface area contributed by atoms with Crippen LogP contribution >= 0.6 is 11.8 Å². The molecule has 0 atom stereocenters. The summed E-state index contributed by atoms with van der Waals surface area (Å²) in [6, 6.07) is 25.5. The maximum atomic E-state index is 5.01. The summed E-state index contributed by atoms with van der Waals surface area (Å²) in [5.74, 6) is 0.904. The van der Waals surface area contributed by atoms with Crippen LogP contribution in [-0.4, -0.2) is 24.1 Å². The summed E-state index contributed by atoms with van der Waals surface area (Å²) in [6.07, 6.45) is 0. The van der Waals surface area contributed by atoms with Crippen LogP contribution in [0.25, 0.3) is 33.9 Å². The van der Waals surface area contributed by atoms with Crippen LogP contribution in [0.5, 0.6) is 0 Å². The van der Waals surface area contributed by atoms with Gasteiger partial charge in [-0.3, -0.25) is 0 Å². The highest BCUT2D eigenvalue weighted by Crippen LogP contribution is 2.47. The number of nitrogens with one attached hydrogen (secondary N) is 1. The van der Waals surface area contributed by atoms with Crippen molar-refractivity contribution in [3.8, 4) is 33.9 Å². The number of aromatic nitrogens is 2. The van der Waals surface area contributed by atoms with Gasteiger partial charge >= 0.3 is 0 Å². The van der Waals surface area contributed by atoms with E-state index in [4.69, 9.17) is 4.98 Å². The fourth-order valence-corrected chi connectivity index (χ4v) is 4.53. The predicted octanol–water partition coefficient (Wildman–Crippen LogP) is 5.94. The minimum absolute atomic E-state index is 0.904. The van der Waals surface area contributed by atoms with Gasteiger partial charge in [-0.25, -0.2) is 4.98 Å². The first-order valence-corrected chi connectivity index (χ1v) is 9.77. The molecule has 1 aromatic heterocycles. The Hall–Kier alpha value is -2.98. The predicted molar refractivity (Wildman–Crippen MR) is 113 cm³/mol. The summed E-state index contributed by atoms with van der Waals surface area (Å²) in [5.41, 5.74) is 6.78. The Morgan fingerprint density at radius 2 is 1.41 bits per heavy atom. The van der Waals surface area contributed by atoms with E-state index in [1.807, 2.05) is 0 Å². The van der Waals surface area contributed by atoms with Crippen molar-refractivity contribution in [2.45, 2.75) is 9.79 Å². The highest BCUT2D eigenvalue weighted by molar-refractivity contribution is 7.99.